The van der Waals surface area contributed by atoms with Crippen LogP contribution in [0, 0.1) is 0 Å². The minimum atomic E-state index is -5.07. The van der Waals surface area contributed by atoms with E-state index in [0.717, 1.165) is 12.1 Å². The van der Waals surface area contributed by atoms with E-state index in [0.29, 0.717) is 15.3 Å². The van der Waals surface area contributed by atoms with E-state index in [2.05, 4.69) is 10.4 Å². The number of carbonyl (C=O) groups excluding carboxylic acids is 2. The molecule has 0 fully saturated rings. The molecule has 3 rings (SSSR count). The lowest BCUT2D eigenvalue weighted by atomic mass is 10.0. The van der Waals surface area contributed by atoms with Crippen molar-refractivity contribution in [1.82, 2.24) is 25.1 Å². The van der Waals surface area contributed by atoms with Crippen LogP contribution in [0.3, 0.4) is 0 Å². The van der Waals surface area contributed by atoms with Gasteiger partial charge in [-0.3, -0.25) is 19.6 Å². The Morgan fingerprint density at radius 3 is 2.27 bits per heavy atom. The second-order valence-corrected chi connectivity index (χ2v) is 8.89. The van der Waals surface area contributed by atoms with Crippen LogP contribution in [0.4, 0.5) is 26.3 Å². The Bertz CT molecular complexity index is 1420. The topological polar surface area (TPSA) is 144 Å². The van der Waals surface area contributed by atoms with Gasteiger partial charge in [0, 0.05) is 10.6 Å². The molecule has 0 radical (unpaired) electrons. The number of rotatable bonds is 9. The summed E-state index contributed by atoms with van der Waals surface area (Å²) in [4.78, 5) is 37.6. The van der Waals surface area contributed by atoms with Crippen molar-refractivity contribution in [2.75, 3.05) is 0 Å². The highest BCUT2D eigenvalue weighted by atomic mass is 35.5. The molecule has 3 aromatic rings. The highest BCUT2D eigenvalue weighted by Crippen LogP contribution is 2.31. The molecular formula is C23H21ClF6N6O4. The van der Waals surface area contributed by atoms with Gasteiger partial charge in [-0.15, -0.1) is 5.10 Å². The number of hydrazine groups is 1. The van der Waals surface area contributed by atoms with E-state index < -0.39 is 67.1 Å². The molecule has 1 unspecified atom stereocenters. The number of halogens is 7. The molecule has 216 valence electrons. The fourth-order valence-electron chi connectivity index (χ4n) is 3.60. The SMILES string of the molecule is NNC(=O)CC(NC(=O)Cn1nc(-c2ccc(Cl)cc2)n(C[C@H](O)C(F)(F)F)c1=O)c1cccc(C(F)(F)F)c1. The summed E-state index contributed by atoms with van der Waals surface area (Å²) in [5, 5.41) is 16.1. The van der Waals surface area contributed by atoms with Crippen molar-refractivity contribution in [1.29, 1.82) is 0 Å². The zero-order valence-electron chi connectivity index (χ0n) is 20.1. The minimum absolute atomic E-state index is 0.111. The molecule has 2 atom stereocenters. The predicted octanol–water partition coefficient (Wildman–Crippen LogP) is 2.54. The maximum absolute atomic E-state index is 13.2. The monoisotopic (exact) mass is 594 g/mol. The maximum Gasteiger partial charge on any atom is 0.416 e. The Balaban J connectivity index is 1.94. The van der Waals surface area contributed by atoms with E-state index in [1.807, 2.05) is 0 Å². The van der Waals surface area contributed by atoms with Gasteiger partial charge < -0.3 is 10.4 Å². The first-order valence-corrected chi connectivity index (χ1v) is 11.6. The highest BCUT2D eigenvalue weighted by molar-refractivity contribution is 6.30. The first-order chi connectivity index (χ1) is 18.6. The Hall–Kier alpha value is -3.89. The molecule has 1 heterocycles. The lowest BCUT2D eigenvalue weighted by molar-refractivity contribution is -0.207. The van der Waals surface area contributed by atoms with Crippen LogP contribution in [0.5, 0.6) is 0 Å². The van der Waals surface area contributed by atoms with Crippen LogP contribution < -0.4 is 22.3 Å². The van der Waals surface area contributed by atoms with Gasteiger partial charge in [0.2, 0.25) is 11.8 Å². The molecule has 17 heteroatoms. The summed E-state index contributed by atoms with van der Waals surface area (Å²) in [6.45, 7) is -2.14. The summed E-state index contributed by atoms with van der Waals surface area (Å²) in [7, 11) is 0. The number of nitrogens with one attached hydrogen (secondary N) is 2. The smallest absolute Gasteiger partial charge is 0.382 e. The van der Waals surface area contributed by atoms with Gasteiger partial charge in [0.15, 0.2) is 11.9 Å². The number of nitrogens with two attached hydrogens (primary N) is 1. The number of alkyl halides is 6. The predicted molar refractivity (Wildman–Crippen MR) is 128 cm³/mol. The van der Waals surface area contributed by atoms with Gasteiger partial charge >= 0.3 is 18.0 Å². The van der Waals surface area contributed by atoms with Crippen molar-refractivity contribution >= 4 is 23.4 Å². The van der Waals surface area contributed by atoms with Crippen molar-refractivity contribution in [3.05, 3.63) is 75.2 Å². The third-order valence-corrected chi connectivity index (χ3v) is 5.81. The van der Waals surface area contributed by atoms with Gasteiger partial charge in [0.1, 0.15) is 6.54 Å². The molecule has 0 spiro atoms. The van der Waals surface area contributed by atoms with E-state index in [-0.39, 0.29) is 22.0 Å². The molecule has 0 bridgehead atoms. The summed E-state index contributed by atoms with van der Waals surface area (Å²) in [5.74, 6) is 2.89. The van der Waals surface area contributed by atoms with Gasteiger partial charge in [-0.05, 0) is 42.0 Å². The van der Waals surface area contributed by atoms with Gasteiger partial charge in [-0.2, -0.15) is 26.3 Å². The number of hydrogen-bond donors (Lipinski definition) is 4. The quantitative estimate of drug-likeness (QED) is 0.130. The van der Waals surface area contributed by atoms with E-state index >= 15 is 0 Å². The van der Waals surface area contributed by atoms with Crippen LogP contribution in [0.2, 0.25) is 5.02 Å². The molecule has 0 saturated carbocycles. The molecule has 1 aromatic heterocycles. The third kappa shape index (κ3) is 7.61. The highest BCUT2D eigenvalue weighted by Gasteiger charge is 2.39. The normalized spacial score (nSPS) is 13.5. The lowest BCUT2D eigenvalue weighted by Gasteiger charge is -2.19. The Morgan fingerprint density at radius 2 is 1.70 bits per heavy atom. The second-order valence-electron chi connectivity index (χ2n) is 8.45. The summed E-state index contributed by atoms with van der Waals surface area (Å²) >= 11 is 5.83. The van der Waals surface area contributed by atoms with Crippen LogP contribution >= 0.6 is 11.6 Å². The maximum atomic E-state index is 13.2. The van der Waals surface area contributed by atoms with Gasteiger partial charge in [0.05, 0.1) is 24.6 Å². The molecule has 5 N–H and O–H groups in total. The fraction of sp³-hybridized carbons (Fsp3) is 0.304. The fourth-order valence-corrected chi connectivity index (χ4v) is 3.73. The van der Waals surface area contributed by atoms with Crippen LogP contribution in [0.1, 0.15) is 23.6 Å². The summed E-state index contributed by atoms with van der Waals surface area (Å²) < 4.78 is 79.7. The molecular weight excluding hydrogens is 574 g/mol. The number of carbonyl (C=O) groups is 2. The summed E-state index contributed by atoms with van der Waals surface area (Å²) in [6, 6.07) is 7.90. The van der Waals surface area contributed by atoms with E-state index in [1.165, 1.54) is 30.3 Å². The minimum Gasteiger partial charge on any atom is -0.382 e. The number of benzene rings is 2. The Morgan fingerprint density at radius 1 is 1.05 bits per heavy atom. The second kappa shape index (κ2) is 12.1. The van der Waals surface area contributed by atoms with Gasteiger partial charge in [-0.1, -0.05) is 23.7 Å². The summed E-state index contributed by atoms with van der Waals surface area (Å²) in [5.41, 5.74) is -0.427. The number of aromatic nitrogens is 3. The van der Waals surface area contributed by atoms with Gasteiger partial charge in [0.25, 0.3) is 0 Å². The van der Waals surface area contributed by atoms with Crippen LogP contribution in [0.15, 0.2) is 53.3 Å². The zero-order valence-corrected chi connectivity index (χ0v) is 20.9. The Kier molecular flexibility index (Phi) is 9.27. The molecule has 2 amide bonds. The molecule has 0 aliphatic rings. The standard InChI is InChI=1S/C23H21ClF6N6O4/c24-15-6-4-12(5-7-15)20-34-36(21(40)35(20)10-17(37)23(28,29)30)11-19(39)32-16(9-18(38)33-31)13-2-1-3-14(8-13)22(25,26)27/h1-8,16-17,37H,9-11,31H2,(H,32,39)(H,33,38)/t16?,17-/m0/s1. The van der Waals surface area contributed by atoms with Gasteiger partial charge in [-0.25, -0.2) is 15.3 Å². The molecule has 40 heavy (non-hydrogen) atoms. The van der Waals surface area contributed by atoms with E-state index in [4.69, 9.17) is 17.4 Å². The van der Waals surface area contributed by atoms with Crippen LogP contribution in [-0.4, -0.2) is 43.5 Å². The van der Waals surface area contributed by atoms with E-state index in [1.54, 1.807) is 5.43 Å². The average Bonchev–Trinajstić information content (AvgIpc) is 3.17. The zero-order chi connectivity index (χ0) is 29.8. The Labute approximate surface area is 226 Å². The lowest BCUT2D eigenvalue weighted by Crippen LogP contribution is -2.40. The molecule has 2 aromatic carbocycles. The van der Waals surface area contributed by atoms with Crippen molar-refractivity contribution < 1.29 is 41.0 Å². The first kappa shape index (κ1) is 30.6. The third-order valence-electron chi connectivity index (χ3n) is 5.55. The number of aliphatic hydroxyl groups is 1. The summed E-state index contributed by atoms with van der Waals surface area (Å²) in [6.07, 6.45) is -13.3. The average molecular weight is 595 g/mol. The van der Waals surface area contributed by atoms with E-state index in [9.17, 15) is 45.8 Å². The van der Waals surface area contributed by atoms with Crippen LogP contribution in [0.25, 0.3) is 11.4 Å². The van der Waals surface area contributed by atoms with Crippen molar-refractivity contribution in [2.24, 2.45) is 5.84 Å². The molecule has 0 aliphatic carbocycles. The molecule has 0 saturated heterocycles. The number of hydrogen-bond acceptors (Lipinski definition) is 6. The molecule has 10 nitrogen and oxygen atoms in total. The van der Waals surface area contributed by atoms with Crippen molar-refractivity contribution in [3.8, 4) is 11.4 Å². The number of nitrogens with zero attached hydrogens (tertiary/aromatic N) is 3. The number of amides is 2. The number of aliphatic hydroxyl groups excluding tert-OH is 1. The largest absolute Gasteiger partial charge is 0.416 e. The van der Waals surface area contributed by atoms with Crippen molar-refractivity contribution in [2.45, 2.75) is 44.0 Å². The van der Waals surface area contributed by atoms with Crippen molar-refractivity contribution in [3.63, 3.8) is 0 Å². The molecule has 0 aliphatic heterocycles. The van der Waals surface area contributed by atoms with Crippen LogP contribution in [-0.2, 0) is 28.9 Å². The first-order valence-electron chi connectivity index (χ1n) is 11.2.